The Balaban J connectivity index is 1.39. The summed E-state index contributed by atoms with van der Waals surface area (Å²) >= 11 is 0. The summed E-state index contributed by atoms with van der Waals surface area (Å²) in [5, 5.41) is 9.54. The van der Waals surface area contributed by atoms with Gasteiger partial charge >= 0.3 is 5.69 Å². The molecule has 31 heavy (non-hydrogen) atoms. The van der Waals surface area contributed by atoms with Crippen molar-refractivity contribution in [3.8, 4) is 0 Å². The molecule has 5 N–H and O–H groups in total. The van der Waals surface area contributed by atoms with E-state index >= 15 is 0 Å². The molecule has 0 saturated carbocycles. The van der Waals surface area contributed by atoms with Gasteiger partial charge in [-0.3, -0.25) is 4.79 Å². The lowest BCUT2D eigenvalue weighted by molar-refractivity contribution is 0.102. The molecule has 4 aromatic rings. The number of anilines is 4. The van der Waals surface area contributed by atoms with Crippen LogP contribution in [0.5, 0.6) is 0 Å². The first kappa shape index (κ1) is 18.9. The number of rotatable bonds is 4. The Kier molecular flexibility index (Phi) is 4.28. The molecular formula is C23H22N6O2. The fourth-order valence-electron chi connectivity index (χ4n) is 3.90. The molecule has 0 fully saturated rings. The van der Waals surface area contributed by atoms with Gasteiger partial charge in [0.15, 0.2) is 0 Å². The number of carbonyl (C=O) groups excluding carboxylic acids is 1. The number of nitrogens with zero attached hydrogens (tertiary/aromatic N) is 1. The summed E-state index contributed by atoms with van der Waals surface area (Å²) in [7, 11) is 0. The van der Waals surface area contributed by atoms with Crippen molar-refractivity contribution >= 4 is 39.8 Å². The molecule has 0 atom stereocenters. The standard InChI is InChI=1S/C23H22N6O2/c1-23(2)12-25-18-10-14(5-7-16(18)23)27-21(30)15-4-3-9-24-20(15)26-13-6-8-17-19(11-13)29-22(31)28-17/h3-11,25H,12H2,1-2H3,(H,24,26)(H,27,30)(H2,28,29,31). The number of pyridine rings is 1. The van der Waals surface area contributed by atoms with Crippen molar-refractivity contribution in [2.24, 2.45) is 0 Å². The fraction of sp³-hybridized carbons (Fsp3) is 0.174. The predicted molar refractivity (Wildman–Crippen MR) is 122 cm³/mol. The van der Waals surface area contributed by atoms with Crippen LogP contribution in [0.25, 0.3) is 11.0 Å². The monoisotopic (exact) mass is 414 g/mol. The third-order valence-corrected chi connectivity index (χ3v) is 5.56. The molecule has 2 aromatic heterocycles. The van der Waals surface area contributed by atoms with E-state index < -0.39 is 0 Å². The van der Waals surface area contributed by atoms with Gasteiger partial charge in [-0.05, 0) is 48.0 Å². The lowest BCUT2D eigenvalue weighted by Gasteiger charge is -2.17. The maximum Gasteiger partial charge on any atom is 0.323 e. The Morgan fingerprint density at radius 1 is 1.03 bits per heavy atom. The van der Waals surface area contributed by atoms with Crippen LogP contribution in [-0.4, -0.2) is 27.4 Å². The van der Waals surface area contributed by atoms with Gasteiger partial charge in [0.25, 0.3) is 5.91 Å². The summed E-state index contributed by atoms with van der Waals surface area (Å²) in [5.41, 5.74) is 5.32. The highest BCUT2D eigenvalue weighted by Gasteiger charge is 2.29. The summed E-state index contributed by atoms with van der Waals surface area (Å²) in [5.74, 6) is 0.168. The van der Waals surface area contributed by atoms with Crippen LogP contribution in [0, 0.1) is 0 Å². The van der Waals surface area contributed by atoms with Crippen molar-refractivity contribution in [2.45, 2.75) is 19.3 Å². The first-order valence-corrected chi connectivity index (χ1v) is 10.0. The molecule has 5 rings (SSSR count). The second-order valence-corrected chi connectivity index (χ2v) is 8.32. The van der Waals surface area contributed by atoms with Gasteiger partial charge in [-0.25, -0.2) is 9.78 Å². The Morgan fingerprint density at radius 3 is 2.71 bits per heavy atom. The molecule has 0 unspecified atom stereocenters. The van der Waals surface area contributed by atoms with Crippen LogP contribution < -0.4 is 21.6 Å². The Bertz CT molecular complexity index is 1370. The Morgan fingerprint density at radius 2 is 1.84 bits per heavy atom. The molecule has 0 bridgehead atoms. The summed E-state index contributed by atoms with van der Waals surface area (Å²) in [6, 6.07) is 14.8. The normalized spacial score (nSPS) is 14.1. The quantitative estimate of drug-likeness (QED) is 0.347. The van der Waals surface area contributed by atoms with Crippen LogP contribution in [0.1, 0.15) is 29.8 Å². The molecule has 156 valence electrons. The lowest BCUT2D eigenvalue weighted by atomic mass is 9.87. The van der Waals surface area contributed by atoms with Gasteiger partial charge < -0.3 is 25.9 Å². The highest BCUT2D eigenvalue weighted by atomic mass is 16.2. The van der Waals surface area contributed by atoms with E-state index in [0.717, 1.165) is 17.9 Å². The van der Waals surface area contributed by atoms with Crippen LogP contribution in [0.2, 0.25) is 0 Å². The summed E-state index contributed by atoms with van der Waals surface area (Å²) in [4.78, 5) is 34.2. The Labute approximate surface area is 178 Å². The smallest absolute Gasteiger partial charge is 0.323 e. The van der Waals surface area contributed by atoms with Crippen molar-refractivity contribution in [3.05, 3.63) is 76.3 Å². The topological polar surface area (TPSA) is 115 Å². The van der Waals surface area contributed by atoms with E-state index in [1.807, 2.05) is 18.2 Å². The highest BCUT2D eigenvalue weighted by Crippen LogP contribution is 2.37. The molecule has 0 spiro atoms. The molecule has 2 aromatic carbocycles. The molecule has 0 saturated heterocycles. The maximum atomic E-state index is 13.0. The van der Waals surface area contributed by atoms with Gasteiger partial charge in [0, 0.05) is 35.2 Å². The molecule has 8 heteroatoms. The number of aromatic nitrogens is 3. The summed E-state index contributed by atoms with van der Waals surface area (Å²) < 4.78 is 0. The lowest BCUT2D eigenvalue weighted by Crippen LogP contribution is -2.18. The van der Waals surface area contributed by atoms with E-state index in [0.29, 0.717) is 28.1 Å². The van der Waals surface area contributed by atoms with Gasteiger partial charge in [-0.2, -0.15) is 0 Å². The first-order chi connectivity index (χ1) is 14.9. The highest BCUT2D eigenvalue weighted by molar-refractivity contribution is 6.08. The zero-order valence-corrected chi connectivity index (χ0v) is 17.2. The number of benzene rings is 2. The van der Waals surface area contributed by atoms with E-state index in [1.54, 1.807) is 30.5 Å². The van der Waals surface area contributed by atoms with Crippen LogP contribution in [0.3, 0.4) is 0 Å². The Hall–Kier alpha value is -4.07. The largest absolute Gasteiger partial charge is 0.384 e. The number of hydrogen-bond acceptors (Lipinski definition) is 5. The fourth-order valence-corrected chi connectivity index (χ4v) is 3.90. The zero-order valence-electron chi connectivity index (χ0n) is 17.2. The number of carbonyl (C=O) groups is 1. The average molecular weight is 414 g/mol. The average Bonchev–Trinajstić information content (AvgIpc) is 3.26. The van der Waals surface area contributed by atoms with Crippen molar-refractivity contribution in [2.75, 3.05) is 22.5 Å². The number of amides is 1. The van der Waals surface area contributed by atoms with Crippen LogP contribution in [-0.2, 0) is 5.41 Å². The summed E-state index contributed by atoms with van der Waals surface area (Å²) in [6.45, 7) is 5.25. The number of fused-ring (bicyclic) bond motifs is 2. The van der Waals surface area contributed by atoms with Gasteiger partial charge in [-0.15, -0.1) is 0 Å². The molecular weight excluding hydrogens is 392 g/mol. The predicted octanol–water partition coefficient (Wildman–Crippen LogP) is 3.95. The molecule has 1 aliphatic rings. The molecule has 0 radical (unpaired) electrons. The first-order valence-electron chi connectivity index (χ1n) is 10.0. The molecule has 8 nitrogen and oxygen atoms in total. The van der Waals surface area contributed by atoms with Crippen LogP contribution >= 0.6 is 0 Å². The van der Waals surface area contributed by atoms with Gasteiger partial charge in [0.05, 0.1) is 16.6 Å². The molecule has 1 aliphatic heterocycles. The molecule has 1 amide bonds. The van der Waals surface area contributed by atoms with E-state index in [1.165, 1.54) is 5.56 Å². The van der Waals surface area contributed by atoms with Gasteiger partial charge in [-0.1, -0.05) is 19.9 Å². The van der Waals surface area contributed by atoms with Crippen LogP contribution in [0.15, 0.2) is 59.5 Å². The van der Waals surface area contributed by atoms with Gasteiger partial charge in [0.2, 0.25) is 0 Å². The van der Waals surface area contributed by atoms with Gasteiger partial charge in [0.1, 0.15) is 5.82 Å². The second kappa shape index (κ2) is 7.02. The third-order valence-electron chi connectivity index (χ3n) is 5.56. The van der Waals surface area contributed by atoms with E-state index in [2.05, 4.69) is 50.8 Å². The minimum Gasteiger partial charge on any atom is -0.384 e. The van der Waals surface area contributed by atoms with Crippen molar-refractivity contribution in [1.82, 2.24) is 15.0 Å². The van der Waals surface area contributed by atoms with E-state index in [4.69, 9.17) is 0 Å². The number of imidazole rings is 1. The third kappa shape index (κ3) is 3.52. The van der Waals surface area contributed by atoms with E-state index in [-0.39, 0.29) is 17.0 Å². The van der Waals surface area contributed by atoms with Crippen molar-refractivity contribution < 1.29 is 4.79 Å². The minimum absolute atomic E-state index is 0.0726. The molecule has 3 heterocycles. The van der Waals surface area contributed by atoms with Crippen LogP contribution in [0.4, 0.5) is 22.9 Å². The van der Waals surface area contributed by atoms with Crippen molar-refractivity contribution in [3.63, 3.8) is 0 Å². The molecule has 0 aliphatic carbocycles. The number of H-pyrrole nitrogens is 2. The second-order valence-electron chi connectivity index (χ2n) is 8.32. The van der Waals surface area contributed by atoms with Crippen molar-refractivity contribution in [1.29, 1.82) is 0 Å². The summed E-state index contributed by atoms with van der Waals surface area (Å²) in [6.07, 6.45) is 1.62. The number of hydrogen-bond donors (Lipinski definition) is 5. The van der Waals surface area contributed by atoms with E-state index in [9.17, 15) is 9.59 Å². The zero-order chi connectivity index (χ0) is 21.6. The SMILES string of the molecule is CC1(C)CNc2cc(NC(=O)c3cccnc3Nc3ccc4[nH]c(=O)[nH]c4c3)ccc21. The minimum atomic E-state index is -0.266. The number of aromatic amines is 2. The number of nitrogens with one attached hydrogen (secondary N) is 5. The maximum absolute atomic E-state index is 13.0.